The molecule has 2 rings (SSSR count). The van der Waals surface area contributed by atoms with Crippen LogP contribution in [0.15, 0.2) is 29.3 Å². The Kier molecular flexibility index (Phi) is 8.25. The summed E-state index contributed by atoms with van der Waals surface area (Å²) in [6.45, 7) is 7.36. The van der Waals surface area contributed by atoms with Crippen LogP contribution in [0.1, 0.15) is 51.1 Å². The van der Waals surface area contributed by atoms with Crippen LogP contribution < -0.4 is 15.5 Å². The van der Waals surface area contributed by atoms with E-state index in [-0.39, 0.29) is 12.0 Å². The van der Waals surface area contributed by atoms with Crippen LogP contribution in [0, 0.1) is 0 Å². The number of carbonyl (C=O) groups excluding carboxylic acids is 1. The maximum Gasteiger partial charge on any atom is 0.305 e. The van der Waals surface area contributed by atoms with Crippen molar-refractivity contribution in [1.29, 1.82) is 0 Å². The van der Waals surface area contributed by atoms with E-state index in [1.165, 1.54) is 24.1 Å². The normalized spacial score (nSPS) is 15.7. The molecule has 144 valence electrons. The van der Waals surface area contributed by atoms with Gasteiger partial charge in [0.1, 0.15) is 0 Å². The van der Waals surface area contributed by atoms with Gasteiger partial charge in [-0.05, 0) is 50.8 Å². The van der Waals surface area contributed by atoms with Crippen LogP contribution in [0.5, 0.6) is 0 Å². The molecule has 0 amide bonds. The van der Waals surface area contributed by atoms with Gasteiger partial charge in [-0.2, -0.15) is 0 Å². The van der Waals surface area contributed by atoms with Crippen molar-refractivity contribution in [2.45, 2.75) is 45.6 Å². The average molecular weight is 361 g/mol. The Morgan fingerprint density at radius 3 is 2.81 bits per heavy atom. The van der Waals surface area contributed by atoms with Gasteiger partial charge in [0, 0.05) is 38.8 Å². The fourth-order valence-electron chi connectivity index (χ4n) is 3.12. The number of nitrogens with zero attached hydrogens (tertiary/aromatic N) is 2. The first-order valence-corrected chi connectivity index (χ1v) is 9.61. The lowest BCUT2D eigenvalue weighted by atomic mass is 10.1. The molecule has 0 bridgehead atoms. The second-order valence-electron chi connectivity index (χ2n) is 6.56. The first-order valence-electron chi connectivity index (χ1n) is 9.61. The van der Waals surface area contributed by atoms with Crippen LogP contribution >= 0.6 is 0 Å². The number of hydrogen-bond donors (Lipinski definition) is 2. The fraction of sp³-hybridized carbons (Fsp3) is 0.600. The van der Waals surface area contributed by atoms with E-state index in [1.54, 1.807) is 7.05 Å². The second kappa shape index (κ2) is 10.7. The third kappa shape index (κ3) is 6.24. The summed E-state index contributed by atoms with van der Waals surface area (Å²) in [7, 11) is 1.76. The smallest absolute Gasteiger partial charge is 0.305 e. The Balaban J connectivity index is 1.82. The molecule has 1 aromatic carbocycles. The van der Waals surface area contributed by atoms with Crippen LogP contribution in [0.2, 0.25) is 0 Å². The van der Waals surface area contributed by atoms with Crippen LogP contribution in [0.4, 0.5) is 5.69 Å². The van der Waals surface area contributed by atoms with E-state index in [2.05, 4.69) is 51.7 Å². The number of benzene rings is 1. The summed E-state index contributed by atoms with van der Waals surface area (Å²) in [6.07, 6.45) is 3.70. The van der Waals surface area contributed by atoms with E-state index >= 15 is 0 Å². The maximum absolute atomic E-state index is 11.4. The van der Waals surface area contributed by atoms with Crippen LogP contribution in [-0.2, 0) is 9.53 Å². The molecule has 0 radical (unpaired) electrons. The maximum atomic E-state index is 11.4. The number of hydrogen-bond acceptors (Lipinski definition) is 4. The van der Waals surface area contributed by atoms with Gasteiger partial charge in [-0.3, -0.25) is 9.79 Å². The molecule has 1 unspecified atom stereocenters. The first-order chi connectivity index (χ1) is 12.6. The molecular weight excluding hydrogens is 328 g/mol. The van der Waals surface area contributed by atoms with E-state index in [9.17, 15) is 4.79 Å². The van der Waals surface area contributed by atoms with Crippen molar-refractivity contribution in [1.82, 2.24) is 10.6 Å². The highest BCUT2D eigenvalue weighted by Gasteiger charge is 2.14. The zero-order chi connectivity index (χ0) is 18.8. The minimum atomic E-state index is -0.149. The van der Waals surface area contributed by atoms with Crippen LogP contribution in [0.25, 0.3) is 0 Å². The Hall–Kier alpha value is -2.24. The van der Waals surface area contributed by atoms with Gasteiger partial charge in [0.15, 0.2) is 5.96 Å². The lowest BCUT2D eigenvalue weighted by Crippen LogP contribution is -2.39. The molecule has 1 fully saturated rings. The SMILES string of the molecule is CCOC(=O)CCCNC(=NC)NC(C)c1cccc(N2CCCC2)c1. The Morgan fingerprint density at radius 1 is 1.35 bits per heavy atom. The van der Waals surface area contributed by atoms with E-state index in [1.807, 2.05) is 6.92 Å². The molecule has 6 heteroatoms. The molecule has 0 aromatic heterocycles. The van der Waals surface area contributed by atoms with Crippen molar-refractivity contribution in [3.05, 3.63) is 29.8 Å². The monoisotopic (exact) mass is 360 g/mol. The minimum absolute atomic E-state index is 0.147. The number of anilines is 1. The summed E-state index contributed by atoms with van der Waals surface area (Å²) in [5.41, 5.74) is 2.54. The first kappa shape index (κ1) is 20.1. The van der Waals surface area contributed by atoms with Crippen molar-refractivity contribution in [3.8, 4) is 0 Å². The van der Waals surface area contributed by atoms with Crippen molar-refractivity contribution in [2.75, 3.05) is 38.2 Å². The summed E-state index contributed by atoms with van der Waals surface area (Å²) >= 11 is 0. The molecule has 6 nitrogen and oxygen atoms in total. The third-order valence-electron chi connectivity index (χ3n) is 4.57. The lowest BCUT2D eigenvalue weighted by Gasteiger charge is -2.22. The van der Waals surface area contributed by atoms with Gasteiger partial charge in [-0.25, -0.2) is 0 Å². The predicted octanol–water partition coefficient (Wildman–Crippen LogP) is 2.86. The molecule has 1 aromatic rings. The topological polar surface area (TPSA) is 66.0 Å². The number of aliphatic imine (C=N–C) groups is 1. The van der Waals surface area contributed by atoms with Crippen molar-refractivity contribution < 1.29 is 9.53 Å². The van der Waals surface area contributed by atoms with Gasteiger partial charge in [-0.15, -0.1) is 0 Å². The van der Waals surface area contributed by atoms with Crippen molar-refractivity contribution in [2.24, 2.45) is 4.99 Å². The Morgan fingerprint density at radius 2 is 2.12 bits per heavy atom. The highest BCUT2D eigenvalue weighted by atomic mass is 16.5. The number of guanidine groups is 1. The molecule has 0 spiro atoms. The standard InChI is InChI=1S/C20H32N4O2/c1-4-26-19(25)11-8-12-22-20(21-3)23-16(2)17-9-7-10-18(15-17)24-13-5-6-14-24/h7,9-10,15-16H,4-6,8,11-14H2,1-3H3,(H2,21,22,23). The van der Waals surface area contributed by atoms with E-state index in [4.69, 9.17) is 4.74 Å². The number of esters is 1. The summed E-state index contributed by atoms with van der Waals surface area (Å²) in [5.74, 6) is 0.595. The van der Waals surface area contributed by atoms with Gasteiger partial charge in [-0.1, -0.05) is 12.1 Å². The summed E-state index contributed by atoms with van der Waals surface area (Å²) in [5, 5.41) is 6.68. The quantitative estimate of drug-likeness (QED) is 0.323. The lowest BCUT2D eigenvalue weighted by molar-refractivity contribution is -0.143. The van der Waals surface area contributed by atoms with Crippen LogP contribution in [0.3, 0.4) is 0 Å². The Bertz CT molecular complexity index is 597. The summed E-state index contributed by atoms with van der Waals surface area (Å²) in [6, 6.07) is 8.86. The molecule has 1 aliphatic heterocycles. The fourth-order valence-corrected chi connectivity index (χ4v) is 3.12. The molecule has 0 aliphatic carbocycles. The molecule has 1 aliphatic rings. The van der Waals surface area contributed by atoms with Gasteiger partial charge in [0.2, 0.25) is 0 Å². The zero-order valence-electron chi connectivity index (χ0n) is 16.3. The number of rotatable bonds is 8. The molecule has 26 heavy (non-hydrogen) atoms. The van der Waals surface area contributed by atoms with Gasteiger partial charge < -0.3 is 20.3 Å². The number of carbonyl (C=O) groups is 1. The van der Waals surface area contributed by atoms with E-state index < -0.39 is 0 Å². The highest BCUT2D eigenvalue weighted by Crippen LogP contribution is 2.23. The van der Waals surface area contributed by atoms with Crippen LogP contribution in [-0.4, -0.2) is 45.2 Å². The zero-order valence-corrected chi connectivity index (χ0v) is 16.3. The molecular formula is C20H32N4O2. The molecule has 1 atom stereocenters. The Labute approximate surface area is 157 Å². The van der Waals surface area contributed by atoms with Gasteiger partial charge >= 0.3 is 5.97 Å². The van der Waals surface area contributed by atoms with E-state index in [0.29, 0.717) is 19.6 Å². The van der Waals surface area contributed by atoms with Gasteiger partial charge in [0.05, 0.1) is 12.6 Å². The highest BCUT2D eigenvalue weighted by molar-refractivity contribution is 5.80. The largest absolute Gasteiger partial charge is 0.466 e. The molecule has 2 N–H and O–H groups in total. The van der Waals surface area contributed by atoms with Crippen molar-refractivity contribution >= 4 is 17.6 Å². The third-order valence-corrected chi connectivity index (χ3v) is 4.57. The number of nitrogens with one attached hydrogen (secondary N) is 2. The van der Waals surface area contributed by atoms with Gasteiger partial charge in [0.25, 0.3) is 0 Å². The van der Waals surface area contributed by atoms with E-state index in [0.717, 1.165) is 25.5 Å². The minimum Gasteiger partial charge on any atom is -0.466 e. The molecule has 1 heterocycles. The van der Waals surface area contributed by atoms with Crippen molar-refractivity contribution in [3.63, 3.8) is 0 Å². The summed E-state index contributed by atoms with van der Waals surface area (Å²) < 4.78 is 4.93. The number of ether oxygens (including phenoxy) is 1. The molecule has 1 saturated heterocycles. The molecule has 0 saturated carbocycles. The average Bonchev–Trinajstić information content (AvgIpc) is 3.19. The summed E-state index contributed by atoms with van der Waals surface area (Å²) in [4.78, 5) is 18.1. The predicted molar refractivity (Wildman–Crippen MR) is 107 cm³/mol. The second-order valence-corrected chi connectivity index (χ2v) is 6.56.